The summed E-state index contributed by atoms with van der Waals surface area (Å²) in [5, 5.41) is 3.94. The van der Waals surface area contributed by atoms with Gasteiger partial charge in [-0.05, 0) is 68.0 Å². The zero-order valence-electron chi connectivity index (χ0n) is 22.1. The number of allylic oxidation sites excluding steroid dienone is 2. The molecule has 2 heterocycles. The number of unbranched alkanes of at least 4 members (excludes halogenated alkanes) is 1. The maximum absolute atomic E-state index is 5.62. The first-order valence-corrected chi connectivity index (χ1v) is 13.6. The summed E-state index contributed by atoms with van der Waals surface area (Å²) in [6.07, 6.45) is 11.1. The number of para-hydroxylation sites is 1. The largest absolute Gasteiger partial charge is 0.381 e. The minimum Gasteiger partial charge on any atom is -0.381 e. The molecule has 0 aromatic heterocycles. The van der Waals surface area contributed by atoms with Gasteiger partial charge in [0.15, 0.2) is 0 Å². The van der Waals surface area contributed by atoms with E-state index in [0.717, 1.165) is 45.1 Å². The molecule has 0 amide bonds. The number of hydrogen-bond acceptors (Lipinski definition) is 4. The Morgan fingerprint density at radius 1 is 1.03 bits per heavy atom. The smallest absolute Gasteiger partial charge is 0.0679 e. The zero-order valence-corrected chi connectivity index (χ0v) is 22.9. The second-order valence-corrected chi connectivity index (χ2v) is 11.5. The number of piperazine rings is 1. The van der Waals surface area contributed by atoms with E-state index >= 15 is 0 Å². The standard InChI is InChI=1S/C29H47N3O.ClH/c1-5-6-16-31-17-19-32(20-18-31)28-26(23-10-12-24(13-11-23)29(2,3)4)8-7-9-27(28)30-25-14-21-33-22-15-25;/h7-10,24-25,30H,5-6,11-22H2,1-4H3;1H. The molecule has 0 saturated carbocycles. The van der Waals surface area contributed by atoms with Crippen LogP contribution in [0, 0.1) is 11.3 Å². The molecule has 2 fully saturated rings. The fourth-order valence-electron chi connectivity index (χ4n) is 5.76. The molecule has 1 aromatic carbocycles. The number of hydrogen-bond donors (Lipinski definition) is 1. The number of rotatable bonds is 7. The summed E-state index contributed by atoms with van der Waals surface area (Å²) in [5.74, 6) is 0.787. The second kappa shape index (κ2) is 12.6. The van der Waals surface area contributed by atoms with Crippen LogP contribution in [0.4, 0.5) is 11.4 Å². The molecule has 1 aromatic rings. The van der Waals surface area contributed by atoms with Gasteiger partial charge in [0.2, 0.25) is 0 Å². The van der Waals surface area contributed by atoms with E-state index in [4.69, 9.17) is 4.74 Å². The third kappa shape index (κ3) is 6.92. The Kier molecular flexibility index (Phi) is 10.2. The van der Waals surface area contributed by atoms with Crippen LogP contribution in [0.2, 0.25) is 0 Å². The quantitative estimate of drug-likeness (QED) is 0.453. The maximum Gasteiger partial charge on any atom is 0.0679 e. The van der Waals surface area contributed by atoms with Crippen LogP contribution in [0.15, 0.2) is 24.3 Å². The first-order valence-electron chi connectivity index (χ1n) is 13.6. The minimum atomic E-state index is 0. The van der Waals surface area contributed by atoms with E-state index in [-0.39, 0.29) is 12.4 Å². The second-order valence-electron chi connectivity index (χ2n) is 11.5. The fraction of sp³-hybridized carbons (Fsp3) is 0.724. The molecule has 0 spiro atoms. The number of halogens is 1. The van der Waals surface area contributed by atoms with Gasteiger partial charge < -0.3 is 15.0 Å². The molecule has 2 saturated heterocycles. The molecule has 2 aliphatic heterocycles. The van der Waals surface area contributed by atoms with Crippen LogP contribution < -0.4 is 10.2 Å². The van der Waals surface area contributed by atoms with Crippen molar-refractivity contribution in [2.24, 2.45) is 11.3 Å². The maximum atomic E-state index is 5.62. The summed E-state index contributed by atoms with van der Waals surface area (Å²) in [6.45, 7) is 17.1. The number of nitrogens with zero attached hydrogens (tertiary/aromatic N) is 2. The lowest BCUT2D eigenvalue weighted by Gasteiger charge is -2.39. The van der Waals surface area contributed by atoms with Crippen molar-refractivity contribution in [1.29, 1.82) is 0 Å². The molecule has 1 aliphatic carbocycles. The summed E-state index contributed by atoms with van der Waals surface area (Å²) in [4.78, 5) is 5.33. The molecule has 192 valence electrons. The molecular weight excluding hydrogens is 442 g/mol. The summed E-state index contributed by atoms with van der Waals surface area (Å²) >= 11 is 0. The highest BCUT2D eigenvalue weighted by molar-refractivity contribution is 5.86. The summed E-state index contributed by atoms with van der Waals surface area (Å²) in [5.41, 5.74) is 6.22. The summed E-state index contributed by atoms with van der Waals surface area (Å²) in [7, 11) is 0. The van der Waals surface area contributed by atoms with E-state index in [1.54, 1.807) is 5.57 Å². The van der Waals surface area contributed by atoms with Crippen LogP contribution >= 0.6 is 12.4 Å². The van der Waals surface area contributed by atoms with Gasteiger partial charge in [-0.2, -0.15) is 0 Å². The van der Waals surface area contributed by atoms with Gasteiger partial charge in [-0.3, -0.25) is 4.90 Å². The predicted octanol–water partition coefficient (Wildman–Crippen LogP) is 6.85. The lowest BCUT2D eigenvalue weighted by molar-refractivity contribution is 0.0904. The molecule has 4 rings (SSSR count). The first-order chi connectivity index (χ1) is 16.0. The minimum absolute atomic E-state index is 0. The molecule has 34 heavy (non-hydrogen) atoms. The van der Waals surface area contributed by atoms with Gasteiger partial charge in [0.05, 0.1) is 11.4 Å². The molecule has 1 N–H and O–H groups in total. The molecule has 3 aliphatic rings. The van der Waals surface area contributed by atoms with Crippen molar-refractivity contribution in [3.63, 3.8) is 0 Å². The zero-order chi connectivity index (χ0) is 23.3. The number of ether oxygens (including phenoxy) is 1. The topological polar surface area (TPSA) is 27.7 Å². The molecule has 1 unspecified atom stereocenters. The van der Waals surface area contributed by atoms with Crippen LogP contribution in [0.3, 0.4) is 0 Å². The van der Waals surface area contributed by atoms with Gasteiger partial charge in [0.1, 0.15) is 0 Å². The highest BCUT2D eigenvalue weighted by Crippen LogP contribution is 2.43. The van der Waals surface area contributed by atoms with Crippen molar-refractivity contribution >= 4 is 29.4 Å². The first kappa shape index (κ1) is 27.4. The highest BCUT2D eigenvalue weighted by Gasteiger charge is 2.29. The highest BCUT2D eigenvalue weighted by atomic mass is 35.5. The van der Waals surface area contributed by atoms with Gasteiger partial charge in [-0.15, -0.1) is 12.4 Å². The van der Waals surface area contributed by atoms with Crippen molar-refractivity contribution in [3.05, 3.63) is 29.8 Å². The van der Waals surface area contributed by atoms with E-state index in [2.05, 4.69) is 67.1 Å². The Morgan fingerprint density at radius 3 is 2.38 bits per heavy atom. The molecule has 4 nitrogen and oxygen atoms in total. The molecule has 0 bridgehead atoms. The average molecular weight is 490 g/mol. The SMILES string of the molecule is CCCCN1CCN(c2c(NC3CCOCC3)cccc2C2=CCC(C(C)(C)C)CC2)CC1.Cl. The Balaban J connectivity index is 0.00000324. The number of nitrogens with one attached hydrogen (secondary N) is 1. The Morgan fingerprint density at radius 2 is 1.76 bits per heavy atom. The summed E-state index contributed by atoms with van der Waals surface area (Å²) in [6, 6.07) is 7.49. The number of benzene rings is 1. The van der Waals surface area contributed by atoms with Gasteiger partial charge in [0, 0.05) is 51.0 Å². The normalized spacial score (nSPS) is 22.8. The van der Waals surface area contributed by atoms with Crippen molar-refractivity contribution < 1.29 is 4.74 Å². The van der Waals surface area contributed by atoms with Crippen LogP contribution in [0.25, 0.3) is 5.57 Å². The van der Waals surface area contributed by atoms with Gasteiger partial charge in [0.25, 0.3) is 0 Å². The van der Waals surface area contributed by atoms with Crippen molar-refractivity contribution in [2.45, 2.75) is 78.7 Å². The van der Waals surface area contributed by atoms with Crippen molar-refractivity contribution in [2.75, 3.05) is 56.2 Å². The summed E-state index contributed by atoms with van der Waals surface area (Å²) < 4.78 is 5.62. The average Bonchev–Trinajstić information content (AvgIpc) is 2.83. The predicted molar refractivity (Wildman–Crippen MR) is 149 cm³/mol. The van der Waals surface area contributed by atoms with E-state index in [1.807, 2.05) is 0 Å². The Bertz CT molecular complexity index is 789. The Hall–Kier alpha value is -1.23. The molecule has 5 heteroatoms. The van der Waals surface area contributed by atoms with Gasteiger partial charge in [-0.1, -0.05) is 52.3 Å². The van der Waals surface area contributed by atoms with Crippen molar-refractivity contribution in [3.8, 4) is 0 Å². The van der Waals surface area contributed by atoms with Gasteiger partial charge in [-0.25, -0.2) is 0 Å². The van der Waals surface area contributed by atoms with Gasteiger partial charge >= 0.3 is 0 Å². The van der Waals surface area contributed by atoms with Crippen LogP contribution in [-0.4, -0.2) is 56.9 Å². The van der Waals surface area contributed by atoms with Crippen molar-refractivity contribution in [1.82, 2.24) is 4.90 Å². The lowest BCUT2D eigenvalue weighted by Crippen LogP contribution is -2.47. The Labute approximate surface area is 214 Å². The third-order valence-electron chi connectivity index (χ3n) is 8.11. The van der Waals surface area contributed by atoms with Crippen LogP contribution in [0.5, 0.6) is 0 Å². The van der Waals surface area contributed by atoms with Crippen LogP contribution in [0.1, 0.15) is 78.2 Å². The molecular formula is C29H48ClN3O. The van der Waals surface area contributed by atoms with E-state index < -0.39 is 0 Å². The van der Waals surface area contributed by atoms with E-state index in [1.165, 1.54) is 68.7 Å². The lowest BCUT2D eigenvalue weighted by atomic mass is 9.72. The van der Waals surface area contributed by atoms with E-state index in [0.29, 0.717) is 11.5 Å². The fourth-order valence-corrected chi connectivity index (χ4v) is 5.76. The molecule has 0 radical (unpaired) electrons. The molecule has 1 atom stereocenters. The monoisotopic (exact) mass is 489 g/mol. The van der Waals surface area contributed by atoms with E-state index in [9.17, 15) is 0 Å². The third-order valence-corrected chi connectivity index (χ3v) is 8.11. The van der Waals surface area contributed by atoms with Crippen LogP contribution in [-0.2, 0) is 4.74 Å². The number of anilines is 2.